The van der Waals surface area contributed by atoms with Gasteiger partial charge in [0.1, 0.15) is 5.75 Å². The predicted octanol–water partition coefficient (Wildman–Crippen LogP) is 5.07. The summed E-state index contributed by atoms with van der Waals surface area (Å²) < 4.78 is 5.70. The molecule has 0 N–H and O–H groups in total. The van der Waals surface area contributed by atoms with E-state index in [1.807, 2.05) is 6.07 Å². The van der Waals surface area contributed by atoms with Crippen LogP contribution in [0.25, 0.3) is 0 Å². The highest BCUT2D eigenvalue weighted by molar-refractivity contribution is 5.90. The molecule has 1 aliphatic heterocycles. The zero-order valence-electron chi connectivity index (χ0n) is 18.8. The standard InChI is InChI=1S/C28H30N2O2/c1-20-26-17-22-10-11-24(32-27(31)23-9-6-14-29-19-23)18-25(22)28(20,2)13-16-30(26)15-12-21-7-4-3-5-8-21/h3-11,14,18-20,26H,12-13,15-17H2,1-2H3/t20-,26?,28-/m0/s1. The minimum Gasteiger partial charge on any atom is -0.423 e. The van der Waals surface area contributed by atoms with Crippen LogP contribution >= 0.6 is 0 Å². The maximum atomic E-state index is 12.5. The van der Waals surface area contributed by atoms with Crippen molar-refractivity contribution in [3.05, 3.63) is 95.3 Å². The molecule has 1 aromatic heterocycles. The number of piperidine rings is 1. The van der Waals surface area contributed by atoms with Crippen LogP contribution in [0.3, 0.4) is 0 Å². The number of ether oxygens (including phenoxy) is 1. The first-order valence-corrected chi connectivity index (χ1v) is 11.6. The molecule has 3 aromatic rings. The number of nitrogens with zero attached hydrogens (tertiary/aromatic N) is 2. The van der Waals surface area contributed by atoms with E-state index < -0.39 is 0 Å². The van der Waals surface area contributed by atoms with Gasteiger partial charge in [0.15, 0.2) is 0 Å². The van der Waals surface area contributed by atoms with E-state index in [1.165, 1.54) is 16.7 Å². The van der Waals surface area contributed by atoms with E-state index in [9.17, 15) is 4.79 Å². The van der Waals surface area contributed by atoms with Crippen LogP contribution in [0.5, 0.6) is 5.75 Å². The summed E-state index contributed by atoms with van der Waals surface area (Å²) in [6.07, 6.45) is 6.46. The minimum atomic E-state index is -0.360. The first-order chi connectivity index (χ1) is 15.5. The number of likely N-dealkylation sites (tertiary alicyclic amines) is 1. The van der Waals surface area contributed by atoms with Gasteiger partial charge < -0.3 is 4.74 Å². The molecular weight excluding hydrogens is 396 g/mol. The number of hydrogen-bond donors (Lipinski definition) is 0. The lowest BCUT2D eigenvalue weighted by Crippen LogP contribution is -2.58. The van der Waals surface area contributed by atoms with Crippen molar-refractivity contribution in [2.24, 2.45) is 5.92 Å². The summed E-state index contributed by atoms with van der Waals surface area (Å²) in [5.41, 5.74) is 4.71. The second-order valence-electron chi connectivity index (χ2n) is 9.45. The van der Waals surface area contributed by atoms with Crippen LogP contribution < -0.4 is 4.74 Å². The zero-order valence-corrected chi connectivity index (χ0v) is 18.8. The number of carbonyl (C=O) groups is 1. The maximum absolute atomic E-state index is 12.5. The number of hydrogen-bond acceptors (Lipinski definition) is 4. The second kappa shape index (κ2) is 8.51. The first kappa shape index (κ1) is 20.9. The molecule has 0 spiro atoms. The number of esters is 1. The van der Waals surface area contributed by atoms with Gasteiger partial charge in [0.25, 0.3) is 0 Å². The Bertz CT molecular complexity index is 1100. The Morgan fingerprint density at radius 3 is 2.78 bits per heavy atom. The SMILES string of the molecule is C[C@H]1C2Cc3ccc(OC(=O)c4cccnc4)cc3[C@@]1(C)CCN2CCc1ccccc1. The number of pyridine rings is 1. The molecule has 1 aliphatic carbocycles. The summed E-state index contributed by atoms with van der Waals surface area (Å²) in [4.78, 5) is 19.2. The summed E-state index contributed by atoms with van der Waals surface area (Å²) in [6, 6.07) is 21.0. The third-order valence-corrected chi connectivity index (χ3v) is 7.73. The third-order valence-electron chi connectivity index (χ3n) is 7.73. The fourth-order valence-electron chi connectivity index (χ4n) is 5.59. The van der Waals surface area contributed by atoms with Crippen LogP contribution in [0.4, 0.5) is 0 Å². The van der Waals surface area contributed by atoms with Crippen LogP contribution in [0, 0.1) is 5.92 Å². The molecule has 1 fully saturated rings. The van der Waals surface area contributed by atoms with Crippen molar-refractivity contribution in [3.8, 4) is 5.75 Å². The molecular formula is C28H30N2O2. The van der Waals surface area contributed by atoms with Gasteiger partial charge in [-0.2, -0.15) is 0 Å². The molecule has 2 bridgehead atoms. The van der Waals surface area contributed by atoms with Crippen LogP contribution in [0.2, 0.25) is 0 Å². The van der Waals surface area contributed by atoms with Gasteiger partial charge in [0.05, 0.1) is 5.56 Å². The summed E-state index contributed by atoms with van der Waals surface area (Å²) >= 11 is 0. The Morgan fingerprint density at radius 2 is 2.00 bits per heavy atom. The van der Waals surface area contributed by atoms with Gasteiger partial charge in [0.2, 0.25) is 0 Å². The van der Waals surface area contributed by atoms with E-state index in [0.717, 1.165) is 32.4 Å². The summed E-state index contributed by atoms with van der Waals surface area (Å²) in [6.45, 7) is 7.00. The Labute approximate surface area is 190 Å². The van der Waals surface area contributed by atoms with Crippen LogP contribution in [-0.2, 0) is 18.3 Å². The molecule has 32 heavy (non-hydrogen) atoms. The van der Waals surface area contributed by atoms with E-state index in [0.29, 0.717) is 23.3 Å². The summed E-state index contributed by atoms with van der Waals surface area (Å²) in [5, 5.41) is 0. The van der Waals surface area contributed by atoms with E-state index in [1.54, 1.807) is 24.5 Å². The van der Waals surface area contributed by atoms with Crippen LogP contribution in [0.15, 0.2) is 73.1 Å². The van der Waals surface area contributed by atoms with E-state index in [4.69, 9.17) is 4.74 Å². The third kappa shape index (κ3) is 3.84. The quantitative estimate of drug-likeness (QED) is 0.422. The molecule has 5 rings (SSSR count). The number of aromatic nitrogens is 1. The molecule has 1 unspecified atom stereocenters. The summed E-state index contributed by atoms with van der Waals surface area (Å²) in [7, 11) is 0. The fraction of sp³-hybridized carbons (Fsp3) is 0.357. The van der Waals surface area contributed by atoms with Crippen molar-refractivity contribution in [2.45, 2.75) is 44.6 Å². The van der Waals surface area contributed by atoms with Crippen molar-refractivity contribution >= 4 is 5.97 Å². The lowest BCUT2D eigenvalue weighted by molar-refractivity contribution is 0.0321. The number of rotatable bonds is 5. The van der Waals surface area contributed by atoms with Crippen molar-refractivity contribution in [2.75, 3.05) is 13.1 Å². The number of carbonyl (C=O) groups excluding carboxylic acids is 1. The average Bonchev–Trinajstić information content (AvgIpc) is 2.82. The van der Waals surface area contributed by atoms with E-state index in [2.05, 4.69) is 66.2 Å². The normalized spacial score (nSPS) is 24.6. The monoisotopic (exact) mass is 426 g/mol. The van der Waals surface area contributed by atoms with Crippen molar-refractivity contribution in [3.63, 3.8) is 0 Å². The highest BCUT2D eigenvalue weighted by Gasteiger charge is 2.48. The summed E-state index contributed by atoms with van der Waals surface area (Å²) in [5.74, 6) is 0.806. The van der Waals surface area contributed by atoms with Crippen molar-refractivity contribution < 1.29 is 9.53 Å². The Hall–Kier alpha value is -2.98. The molecule has 3 atom stereocenters. The molecule has 4 heteroatoms. The van der Waals surface area contributed by atoms with Crippen molar-refractivity contribution in [1.82, 2.24) is 9.88 Å². The Morgan fingerprint density at radius 1 is 1.16 bits per heavy atom. The lowest BCUT2D eigenvalue weighted by Gasteiger charge is -2.54. The Kier molecular flexibility index (Phi) is 5.56. The van der Waals surface area contributed by atoms with E-state index >= 15 is 0 Å². The smallest absolute Gasteiger partial charge is 0.345 e. The molecule has 4 nitrogen and oxygen atoms in total. The fourth-order valence-corrected chi connectivity index (χ4v) is 5.59. The van der Waals surface area contributed by atoms with Gasteiger partial charge in [-0.1, -0.05) is 50.2 Å². The predicted molar refractivity (Wildman–Crippen MR) is 126 cm³/mol. The van der Waals surface area contributed by atoms with Gasteiger partial charge in [-0.3, -0.25) is 9.88 Å². The van der Waals surface area contributed by atoms with Crippen LogP contribution in [-0.4, -0.2) is 35.0 Å². The molecule has 2 heterocycles. The van der Waals surface area contributed by atoms with Gasteiger partial charge in [-0.25, -0.2) is 4.79 Å². The van der Waals surface area contributed by atoms with Crippen molar-refractivity contribution in [1.29, 1.82) is 0 Å². The molecule has 0 saturated carbocycles. The van der Waals surface area contributed by atoms with Crippen LogP contribution in [0.1, 0.15) is 47.3 Å². The highest BCUT2D eigenvalue weighted by Crippen LogP contribution is 2.49. The van der Waals surface area contributed by atoms with Gasteiger partial charge in [0, 0.05) is 25.0 Å². The maximum Gasteiger partial charge on any atom is 0.345 e. The zero-order chi connectivity index (χ0) is 22.1. The lowest BCUT2D eigenvalue weighted by atomic mass is 9.59. The average molecular weight is 427 g/mol. The van der Waals surface area contributed by atoms with Gasteiger partial charge in [-0.15, -0.1) is 0 Å². The topological polar surface area (TPSA) is 42.4 Å². The van der Waals surface area contributed by atoms with Gasteiger partial charge >= 0.3 is 5.97 Å². The molecule has 2 aromatic carbocycles. The number of fused-ring (bicyclic) bond motifs is 4. The van der Waals surface area contributed by atoms with E-state index in [-0.39, 0.29) is 11.4 Å². The molecule has 1 saturated heterocycles. The second-order valence-corrected chi connectivity index (χ2v) is 9.45. The highest BCUT2D eigenvalue weighted by atomic mass is 16.5. The van der Waals surface area contributed by atoms with Gasteiger partial charge in [-0.05, 0) is 78.1 Å². The Balaban J connectivity index is 1.35. The largest absolute Gasteiger partial charge is 0.423 e. The molecule has 0 radical (unpaired) electrons. The molecule has 164 valence electrons. The number of benzene rings is 2. The minimum absolute atomic E-state index is 0.0955. The first-order valence-electron chi connectivity index (χ1n) is 11.6. The molecule has 2 aliphatic rings. The molecule has 0 amide bonds.